The number of aryl methyl sites for hydroxylation is 1. The Morgan fingerprint density at radius 2 is 1.88 bits per heavy atom. The molecular weight excluding hydrogens is 306 g/mol. The van der Waals surface area contributed by atoms with E-state index < -0.39 is 12.2 Å². The first kappa shape index (κ1) is 15.7. The lowest BCUT2D eigenvalue weighted by Gasteiger charge is -2.21. The number of hydrogen-bond donors (Lipinski definition) is 1. The molecule has 16 heavy (non-hydrogen) atoms. The summed E-state index contributed by atoms with van der Waals surface area (Å²) in [6.07, 6.45) is -4.27. The molecule has 1 aromatic rings. The second-order valence-electron chi connectivity index (χ2n) is 3.26. The maximum atomic E-state index is 12.6. The molecule has 0 amide bonds. The summed E-state index contributed by atoms with van der Waals surface area (Å²) in [5, 5.41) is 2.28. The van der Waals surface area contributed by atoms with E-state index in [1.165, 1.54) is 13.1 Å². The number of halogens is 5. The molecule has 1 aromatic carbocycles. The van der Waals surface area contributed by atoms with Crippen molar-refractivity contribution >= 4 is 28.3 Å². The average Bonchev–Trinajstić information content (AvgIpc) is 2.07. The van der Waals surface area contributed by atoms with Crippen molar-refractivity contribution in [1.82, 2.24) is 5.32 Å². The lowest BCUT2D eigenvalue weighted by Crippen LogP contribution is -2.32. The Morgan fingerprint density at radius 1 is 1.31 bits per heavy atom. The van der Waals surface area contributed by atoms with E-state index >= 15 is 0 Å². The number of alkyl halides is 3. The van der Waals surface area contributed by atoms with Gasteiger partial charge in [0.25, 0.3) is 0 Å². The Hall–Kier alpha value is -0.260. The van der Waals surface area contributed by atoms with Crippen molar-refractivity contribution in [3.05, 3.63) is 33.8 Å². The highest BCUT2D eigenvalue weighted by Crippen LogP contribution is 2.34. The average molecular weight is 319 g/mol. The third-order valence-electron chi connectivity index (χ3n) is 2.16. The monoisotopic (exact) mass is 317 g/mol. The van der Waals surface area contributed by atoms with Gasteiger partial charge < -0.3 is 5.32 Å². The quantitative estimate of drug-likeness (QED) is 0.869. The minimum absolute atomic E-state index is 0. The number of nitrogens with one attached hydrogen (secondary N) is 1. The summed E-state index contributed by atoms with van der Waals surface area (Å²) in [4.78, 5) is 0. The maximum absolute atomic E-state index is 12.6. The largest absolute Gasteiger partial charge is 0.407 e. The van der Waals surface area contributed by atoms with Crippen LogP contribution in [0.2, 0.25) is 0 Å². The van der Waals surface area contributed by atoms with Crippen LogP contribution in [0.1, 0.15) is 17.2 Å². The van der Waals surface area contributed by atoms with E-state index in [4.69, 9.17) is 0 Å². The summed E-state index contributed by atoms with van der Waals surface area (Å²) in [5.74, 6) is 0. The van der Waals surface area contributed by atoms with Gasteiger partial charge in [-0.2, -0.15) is 13.2 Å². The predicted molar refractivity (Wildman–Crippen MR) is 64.0 cm³/mol. The second-order valence-corrected chi connectivity index (χ2v) is 4.18. The molecule has 0 saturated carbocycles. The summed E-state index contributed by atoms with van der Waals surface area (Å²) < 4.78 is 38.6. The Balaban J connectivity index is 0.00000225. The van der Waals surface area contributed by atoms with Gasteiger partial charge in [0, 0.05) is 4.47 Å². The molecule has 1 atom stereocenters. The van der Waals surface area contributed by atoms with Gasteiger partial charge in [0.15, 0.2) is 0 Å². The number of hydrogen-bond acceptors (Lipinski definition) is 1. The van der Waals surface area contributed by atoms with Gasteiger partial charge in [-0.05, 0) is 37.2 Å². The van der Waals surface area contributed by atoms with Gasteiger partial charge in [0.05, 0.1) is 0 Å². The van der Waals surface area contributed by atoms with Crippen LogP contribution in [0.4, 0.5) is 13.2 Å². The summed E-state index contributed by atoms with van der Waals surface area (Å²) >= 11 is 3.22. The molecule has 0 saturated heterocycles. The molecule has 0 aliphatic carbocycles. The van der Waals surface area contributed by atoms with Crippen LogP contribution in [0.3, 0.4) is 0 Å². The molecule has 0 aliphatic rings. The lowest BCUT2D eigenvalue weighted by atomic mass is 10.0. The van der Waals surface area contributed by atoms with Gasteiger partial charge in [-0.25, -0.2) is 0 Å². The van der Waals surface area contributed by atoms with E-state index in [2.05, 4.69) is 21.2 Å². The third-order valence-corrected chi connectivity index (χ3v) is 2.65. The van der Waals surface area contributed by atoms with Crippen LogP contribution in [0, 0.1) is 6.92 Å². The molecule has 0 aromatic heterocycles. The van der Waals surface area contributed by atoms with E-state index in [1.54, 1.807) is 19.1 Å². The van der Waals surface area contributed by atoms with Crippen LogP contribution in [-0.4, -0.2) is 13.2 Å². The zero-order chi connectivity index (χ0) is 11.6. The fourth-order valence-corrected chi connectivity index (χ4v) is 1.93. The minimum Gasteiger partial charge on any atom is -0.306 e. The van der Waals surface area contributed by atoms with Crippen molar-refractivity contribution in [3.63, 3.8) is 0 Å². The molecule has 0 unspecified atom stereocenters. The molecule has 0 radical (unpaired) electrons. The molecule has 92 valence electrons. The van der Waals surface area contributed by atoms with Crippen LogP contribution < -0.4 is 5.32 Å². The van der Waals surface area contributed by atoms with E-state index in [1.807, 2.05) is 0 Å². The summed E-state index contributed by atoms with van der Waals surface area (Å²) in [6.45, 7) is 1.66. The van der Waals surface area contributed by atoms with Crippen LogP contribution >= 0.6 is 28.3 Å². The van der Waals surface area contributed by atoms with E-state index in [0.717, 1.165) is 4.47 Å². The molecule has 0 fully saturated rings. The number of rotatable bonds is 2. The molecule has 0 spiro atoms. The third kappa shape index (κ3) is 3.64. The lowest BCUT2D eigenvalue weighted by molar-refractivity contribution is -0.156. The molecule has 0 aliphatic heterocycles. The zero-order valence-electron chi connectivity index (χ0n) is 8.73. The maximum Gasteiger partial charge on any atom is 0.407 e. The first-order chi connectivity index (χ1) is 6.86. The first-order valence-corrected chi connectivity index (χ1v) is 5.15. The van der Waals surface area contributed by atoms with Crippen molar-refractivity contribution in [2.45, 2.75) is 19.1 Å². The Morgan fingerprint density at radius 3 is 2.25 bits per heavy atom. The summed E-state index contributed by atoms with van der Waals surface area (Å²) in [5.41, 5.74) is 0.870. The van der Waals surface area contributed by atoms with E-state index in [-0.39, 0.29) is 18.0 Å². The van der Waals surface area contributed by atoms with Gasteiger partial charge in [0.2, 0.25) is 0 Å². The number of benzene rings is 1. The molecule has 6 heteroatoms. The molecular formula is C10H12BrClF3N. The smallest absolute Gasteiger partial charge is 0.306 e. The van der Waals surface area contributed by atoms with Crippen molar-refractivity contribution < 1.29 is 13.2 Å². The predicted octanol–water partition coefficient (Wildman–Crippen LogP) is 4.00. The van der Waals surface area contributed by atoms with Crippen LogP contribution in [-0.2, 0) is 0 Å². The highest BCUT2D eigenvalue weighted by atomic mass is 79.9. The topological polar surface area (TPSA) is 12.0 Å². The Labute approximate surface area is 107 Å². The van der Waals surface area contributed by atoms with Gasteiger partial charge in [0.1, 0.15) is 6.04 Å². The Bertz CT molecular complexity index is 354. The Kier molecular flexibility index (Phi) is 5.79. The fraction of sp³-hybridized carbons (Fsp3) is 0.400. The first-order valence-electron chi connectivity index (χ1n) is 4.36. The highest BCUT2D eigenvalue weighted by molar-refractivity contribution is 9.10. The molecule has 1 rings (SSSR count). The minimum atomic E-state index is -4.27. The van der Waals surface area contributed by atoms with Crippen LogP contribution in [0.25, 0.3) is 0 Å². The molecule has 1 nitrogen and oxygen atoms in total. The second kappa shape index (κ2) is 5.89. The van der Waals surface area contributed by atoms with Gasteiger partial charge in [-0.15, -0.1) is 12.4 Å². The van der Waals surface area contributed by atoms with E-state index in [9.17, 15) is 13.2 Å². The highest BCUT2D eigenvalue weighted by Gasteiger charge is 2.40. The molecule has 1 N–H and O–H groups in total. The van der Waals surface area contributed by atoms with Gasteiger partial charge in [-0.1, -0.05) is 22.0 Å². The summed E-state index contributed by atoms with van der Waals surface area (Å²) in [6, 6.07) is 3.16. The standard InChI is InChI=1S/C10H11BrF3N.ClH/c1-6-5-7(11)3-4-8(6)9(15-2)10(12,13)14;/h3-5,9,15H,1-2H3;1H/t9-;/m0./s1. The molecule has 0 heterocycles. The summed E-state index contributed by atoms with van der Waals surface area (Å²) in [7, 11) is 1.31. The van der Waals surface area contributed by atoms with Gasteiger partial charge in [-0.3, -0.25) is 0 Å². The SMILES string of the molecule is CN[C@@H](c1ccc(Br)cc1C)C(F)(F)F.Cl. The van der Waals surface area contributed by atoms with Crippen LogP contribution in [0.5, 0.6) is 0 Å². The molecule has 0 bridgehead atoms. The van der Waals surface area contributed by atoms with Crippen molar-refractivity contribution in [2.75, 3.05) is 7.05 Å². The van der Waals surface area contributed by atoms with Crippen LogP contribution in [0.15, 0.2) is 22.7 Å². The van der Waals surface area contributed by atoms with E-state index in [0.29, 0.717) is 5.56 Å². The van der Waals surface area contributed by atoms with Crippen molar-refractivity contribution in [1.29, 1.82) is 0 Å². The van der Waals surface area contributed by atoms with Crippen molar-refractivity contribution in [3.8, 4) is 0 Å². The van der Waals surface area contributed by atoms with Crippen molar-refractivity contribution in [2.24, 2.45) is 0 Å². The fourth-order valence-electron chi connectivity index (χ4n) is 1.46. The van der Waals surface area contributed by atoms with Gasteiger partial charge >= 0.3 is 6.18 Å². The zero-order valence-corrected chi connectivity index (χ0v) is 11.1. The normalized spacial score (nSPS) is 13.1.